The highest BCUT2D eigenvalue weighted by molar-refractivity contribution is 6.41. The minimum Gasteiger partial charge on any atom is -0.478 e. The lowest BCUT2D eigenvalue weighted by molar-refractivity contribution is -0.135. The first-order valence-electron chi connectivity index (χ1n) is 7.45. The monoisotopic (exact) mass is 342 g/mol. The first-order chi connectivity index (χ1) is 11.8. The number of benzene rings is 2. The van der Waals surface area contributed by atoms with Crippen molar-refractivity contribution in [2.24, 2.45) is 0 Å². The average Bonchev–Trinajstić information content (AvgIpc) is 2.57. The summed E-state index contributed by atoms with van der Waals surface area (Å²) >= 11 is 0. The van der Waals surface area contributed by atoms with E-state index in [2.05, 4.69) is 0 Å². The van der Waals surface area contributed by atoms with Gasteiger partial charge in [0.1, 0.15) is 5.82 Å². The Bertz CT molecular complexity index is 853. The highest BCUT2D eigenvalue weighted by atomic mass is 19.1. The molecule has 2 aromatic carbocycles. The van der Waals surface area contributed by atoms with Gasteiger partial charge in [0.05, 0.1) is 12.0 Å². The van der Waals surface area contributed by atoms with E-state index in [9.17, 15) is 23.6 Å². The van der Waals surface area contributed by atoms with Gasteiger partial charge in [-0.25, -0.2) is 9.18 Å². The van der Waals surface area contributed by atoms with Gasteiger partial charge in [-0.05, 0) is 54.4 Å². The molecule has 128 valence electrons. The molecule has 2 rings (SSSR count). The van der Waals surface area contributed by atoms with Gasteiger partial charge in [0.25, 0.3) is 0 Å². The summed E-state index contributed by atoms with van der Waals surface area (Å²) in [4.78, 5) is 47.0. The number of carboxylic acid groups (broad SMARTS) is 1. The Kier molecular flexibility index (Phi) is 5.54. The SMILES string of the molecule is Cc1ccc(C(=O)O)cc1CC(=O)C(=O)CC(=O)c1ccc(F)cc1. The molecular formula is C19H15FO5. The summed E-state index contributed by atoms with van der Waals surface area (Å²) in [6, 6.07) is 8.99. The van der Waals surface area contributed by atoms with Crippen LogP contribution in [-0.2, 0) is 16.0 Å². The van der Waals surface area contributed by atoms with Crippen molar-refractivity contribution in [1.29, 1.82) is 0 Å². The maximum Gasteiger partial charge on any atom is 0.335 e. The fraction of sp³-hybridized carbons (Fsp3) is 0.158. The van der Waals surface area contributed by atoms with Crippen LogP contribution in [0.1, 0.15) is 38.3 Å². The van der Waals surface area contributed by atoms with Crippen molar-refractivity contribution < 1.29 is 28.7 Å². The number of aromatic carboxylic acids is 1. The van der Waals surface area contributed by atoms with E-state index in [1.165, 1.54) is 24.3 Å². The molecule has 0 aromatic heterocycles. The van der Waals surface area contributed by atoms with E-state index in [0.29, 0.717) is 11.1 Å². The molecule has 1 N–H and O–H groups in total. The minimum absolute atomic E-state index is 0.0169. The molecular weight excluding hydrogens is 327 g/mol. The summed E-state index contributed by atoms with van der Waals surface area (Å²) in [6.45, 7) is 1.70. The lowest BCUT2D eigenvalue weighted by Gasteiger charge is -2.06. The quantitative estimate of drug-likeness (QED) is 0.475. The van der Waals surface area contributed by atoms with Crippen LogP contribution >= 0.6 is 0 Å². The third kappa shape index (κ3) is 4.67. The molecule has 0 spiro atoms. The molecule has 0 amide bonds. The molecule has 0 bridgehead atoms. The molecule has 2 aromatic rings. The number of hydrogen-bond donors (Lipinski definition) is 1. The van der Waals surface area contributed by atoms with Crippen molar-refractivity contribution in [3.05, 3.63) is 70.5 Å². The van der Waals surface area contributed by atoms with Gasteiger partial charge in [-0.3, -0.25) is 14.4 Å². The normalized spacial score (nSPS) is 10.3. The second-order valence-electron chi connectivity index (χ2n) is 5.58. The second kappa shape index (κ2) is 7.61. The summed E-state index contributed by atoms with van der Waals surface area (Å²) in [6.07, 6.45) is -0.884. The van der Waals surface area contributed by atoms with E-state index in [0.717, 1.165) is 12.1 Å². The number of carbonyl (C=O) groups is 4. The lowest BCUT2D eigenvalue weighted by Crippen LogP contribution is -2.20. The molecule has 0 radical (unpaired) electrons. The van der Waals surface area contributed by atoms with Crippen LogP contribution < -0.4 is 0 Å². The number of ketones is 3. The summed E-state index contributed by atoms with van der Waals surface area (Å²) in [5, 5.41) is 8.98. The fourth-order valence-electron chi connectivity index (χ4n) is 2.25. The molecule has 0 heterocycles. The number of halogens is 1. The van der Waals surface area contributed by atoms with Crippen molar-refractivity contribution in [1.82, 2.24) is 0 Å². The number of carbonyl (C=O) groups excluding carboxylic acids is 3. The molecule has 0 atom stereocenters. The van der Waals surface area contributed by atoms with Gasteiger partial charge in [0, 0.05) is 12.0 Å². The standard InChI is InChI=1S/C19H15FO5/c1-11-2-3-13(19(24)25)8-14(11)9-17(22)18(23)10-16(21)12-4-6-15(20)7-5-12/h2-8H,9-10H2,1H3,(H,24,25). The van der Waals surface area contributed by atoms with Gasteiger partial charge in [0.15, 0.2) is 5.78 Å². The Morgan fingerprint density at radius 1 is 0.920 bits per heavy atom. The summed E-state index contributed by atoms with van der Waals surface area (Å²) < 4.78 is 12.8. The molecule has 6 heteroatoms. The zero-order chi connectivity index (χ0) is 18.6. The first-order valence-corrected chi connectivity index (χ1v) is 7.45. The Hall–Kier alpha value is -3.15. The van der Waals surface area contributed by atoms with E-state index >= 15 is 0 Å². The molecule has 0 aliphatic heterocycles. The van der Waals surface area contributed by atoms with E-state index in [1.807, 2.05) is 0 Å². The topological polar surface area (TPSA) is 88.5 Å². The second-order valence-corrected chi connectivity index (χ2v) is 5.58. The van der Waals surface area contributed by atoms with Crippen LogP contribution in [0.2, 0.25) is 0 Å². The number of aryl methyl sites for hydroxylation is 1. The third-order valence-electron chi connectivity index (χ3n) is 3.75. The molecule has 0 aliphatic rings. The van der Waals surface area contributed by atoms with Gasteiger partial charge in [-0.2, -0.15) is 0 Å². The van der Waals surface area contributed by atoms with Crippen molar-refractivity contribution in [3.8, 4) is 0 Å². The first kappa shape index (κ1) is 18.2. The Morgan fingerprint density at radius 2 is 1.52 bits per heavy atom. The maximum atomic E-state index is 12.8. The van der Waals surface area contributed by atoms with E-state index in [-0.39, 0.29) is 17.5 Å². The van der Waals surface area contributed by atoms with Gasteiger partial charge in [-0.1, -0.05) is 6.07 Å². The van der Waals surface area contributed by atoms with Crippen molar-refractivity contribution >= 4 is 23.3 Å². The highest BCUT2D eigenvalue weighted by Gasteiger charge is 2.20. The highest BCUT2D eigenvalue weighted by Crippen LogP contribution is 2.14. The van der Waals surface area contributed by atoms with Gasteiger partial charge in [-0.15, -0.1) is 0 Å². The fourth-order valence-corrected chi connectivity index (χ4v) is 2.25. The van der Waals surface area contributed by atoms with E-state index < -0.39 is 35.6 Å². The maximum absolute atomic E-state index is 12.8. The van der Waals surface area contributed by atoms with Gasteiger partial charge >= 0.3 is 5.97 Å². The van der Waals surface area contributed by atoms with Gasteiger partial charge in [0.2, 0.25) is 11.6 Å². The Labute approximate surface area is 143 Å². The van der Waals surface area contributed by atoms with Crippen LogP contribution in [0.4, 0.5) is 4.39 Å². The van der Waals surface area contributed by atoms with Crippen LogP contribution in [-0.4, -0.2) is 28.4 Å². The molecule has 0 unspecified atom stereocenters. The van der Waals surface area contributed by atoms with Crippen molar-refractivity contribution in [2.45, 2.75) is 19.8 Å². The minimum atomic E-state index is -1.13. The molecule has 25 heavy (non-hydrogen) atoms. The predicted octanol–water partition coefficient (Wildman–Crippen LogP) is 2.79. The van der Waals surface area contributed by atoms with Crippen LogP contribution in [0.15, 0.2) is 42.5 Å². The number of carboxylic acids is 1. The number of Topliss-reactive ketones (excluding diaryl/α,β-unsaturated/α-hetero) is 3. The lowest BCUT2D eigenvalue weighted by atomic mass is 9.96. The molecule has 5 nitrogen and oxygen atoms in total. The summed E-state index contributed by atoms with van der Waals surface area (Å²) in [7, 11) is 0. The summed E-state index contributed by atoms with van der Waals surface area (Å²) in [5.41, 5.74) is 1.26. The Morgan fingerprint density at radius 3 is 2.12 bits per heavy atom. The molecule has 0 fully saturated rings. The zero-order valence-corrected chi connectivity index (χ0v) is 13.4. The zero-order valence-electron chi connectivity index (χ0n) is 13.4. The number of rotatable bonds is 7. The predicted molar refractivity (Wildman–Crippen MR) is 87.2 cm³/mol. The smallest absolute Gasteiger partial charge is 0.335 e. The van der Waals surface area contributed by atoms with Gasteiger partial charge < -0.3 is 5.11 Å². The largest absolute Gasteiger partial charge is 0.478 e. The third-order valence-corrected chi connectivity index (χ3v) is 3.75. The van der Waals surface area contributed by atoms with E-state index in [4.69, 9.17) is 5.11 Å². The van der Waals surface area contributed by atoms with Crippen molar-refractivity contribution in [2.75, 3.05) is 0 Å². The van der Waals surface area contributed by atoms with Crippen LogP contribution in [0.25, 0.3) is 0 Å². The summed E-state index contributed by atoms with van der Waals surface area (Å²) in [5.74, 6) is -3.86. The molecule has 0 aliphatic carbocycles. The van der Waals surface area contributed by atoms with Crippen molar-refractivity contribution in [3.63, 3.8) is 0 Å². The van der Waals surface area contributed by atoms with E-state index in [1.54, 1.807) is 13.0 Å². The molecule has 0 saturated carbocycles. The average molecular weight is 342 g/mol. The number of hydrogen-bond acceptors (Lipinski definition) is 4. The van der Waals surface area contributed by atoms with Crippen LogP contribution in [0.3, 0.4) is 0 Å². The van der Waals surface area contributed by atoms with Crippen LogP contribution in [0, 0.1) is 12.7 Å². The molecule has 0 saturated heterocycles. The Balaban J connectivity index is 2.06. The van der Waals surface area contributed by atoms with Crippen LogP contribution in [0.5, 0.6) is 0 Å².